The van der Waals surface area contributed by atoms with Crippen molar-refractivity contribution in [2.24, 2.45) is 9.98 Å². The third kappa shape index (κ3) is 4.40. The summed E-state index contributed by atoms with van der Waals surface area (Å²) in [6.07, 6.45) is 0. The van der Waals surface area contributed by atoms with Gasteiger partial charge in [0.25, 0.3) is 0 Å². The summed E-state index contributed by atoms with van der Waals surface area (Å²) < 4.78 is 1.97. The molecule has 1 atom stereocenters. The Balaban J connectivity index is 1.48. The zero-order chi connectivity index (χ0) is 29.0. The third-order valence-corrected chi connectivity index (χ3v) is 8.01. The highest BCUT2D eigenvalue weighted by molar-refractivity contribution is 6.51. The predicted octanol–water partition coefficient (Wildman–Crippen LogP) is 8.58. The Kier molecular flexibility index (Phi) is 6.08. The van der Waals surface area contributed by atoms with Crippen molar-refractivity contribution in [2.75, 3.05) is 10.2 Å². The number of benzene rings is 4. The van der Waals surface area contributed by atoms with E-state index in [1.54, 1.807) is 0 Å². The first kappa shape index (κ1) is 26.0. The van der Waals surface area contributed by atoms with Crippen LogP contribution in [0.25, 0.3) is 5.69 Å². The molecular weight excluding hydrogens is 516 g/mol. The Morgan fingerprint density at radius 1 is 0.762 bits per heavy atom. The maximum atomic E-state index is 5.35. The minimum Gasteiger partial charge on any atom is -0.337 e. The van der Waals surface area contributed by atoms with Crippen LogP contribution in [-0.2, 0) is 5.41 Å². The molecule has 2 aliphatic heterocycles. The number of nitrogens with one attached hydrogen (secondary N) is 1. The molecule has 0 aliphatic carbocycles. The van der Waals surface area contributed by atoms with Crippen LogP contribution in [0, 0.1) is 13.8 Å². The van der Waals surface area contributed by atoms with Gasteiger partial charge in [-0.25, -0.2) is 14.7 Å². The fourth-order valence-electron chi connectivity index (χ4n) is 5.89. The molecule has 6 heteroatoms. The van der Waals surface area contributed by atoms with Crippen molar-refractivity contribution in [3.8, 4) is 5.69 Å². The topological polar surface area (TPSA) is 57.8 Å². The Bertz CT molecular complexity index is 1860. The van der Waals surface area contributed by atoms with Crippen LogP contribution in [0.3, 0.4) is 0 Å². The van der Waals surface area contributed by atoms with Crippen molar-refractivity contribution in [3.05, 3.63) is 131 Å². The SMILES string of the molecule is Cc1cccc(NC2=Nc3ccccc3N3C2=Nc2c(c(C)nn2-c2ccccc2)C3c2ccc(C(C)(C)C)cc2)c1. The fraction of sp³-hybridized carbons (Fsp3) is 0.194. The standard InChI is InChI=1S/C36H34N6/c1-23-12-11-13-27(22-23)37-33-35-39-34-31(24(2)40-42(34)28-14-7-6-8-15-28)32(25-18-20-26(21-19-25)36(3,4)5)41(35)30-17-10-9-16-29(30)38-33/h6-22,32H,1-5H3,(H,37,38). The van der Waals surface area contributed by atoms with E-state index in [-0.39, 0.29) is 11.5 Å². The number of fused-ring (bicyclic) bond motifs is 4. The number of aromatic nitrogens is 2. The van der Waals surface area contributed by atoms with Gasteiger partial charge >= 0.3 is 0 Å². The molecule has 0 saturated heterocycles. The van der Waals surface area contributed by atoms with E-state index in [0.29, 0.717) is 5.84 Å². The summed E-state index contributed by atoms with van der Waals surface area (Å²) in [4.78, 5) is 12.8. The second-order valence-corrected chi connectivity index (χ2v) is 12.1. The lowest BCUT2D eigenvalue weighted by molar-refractivity contribution is 0.589. The zero-order valence-electron chi connectivity index (χ0n) is 24.6. The Labute approximate surface area is 247 Å². The molecule has 4 aromatic carbocycles. The molecule has 0 radical (unpaired) electrons. The van der Waals surface area contributed by atoms with Gasteiger partial charge in [-0.15, -0.1) is 0 Å². The molecule has 6 nitrogen and oxygen atoms in total. The summed E-state index contributed by atoms with van der Waals surface area (Å²) in [5.74, 6) is 2.30. The molecule has 0 spiro atoms. The van der Waals surface area contributed by atoms with Crippen molar-refractivity contribution >= 4 is 34.6 Å². The first-order chi connectivity index (χ1) is 20.3. The minimum atomic E-state index is -0.148. The van der Waals surface area contributed by atoms with Gasteiger partial charge in [0.2, 0.25) is 0 Å². The van der Waals surface area contributed by atoms with E-state index in [9.17, 15) is 0 Å². The summed E-state index contributed by atoms with van der Waals surface area (Å²) in [5, 5.41) is 8.66. The Hall–Kier alpha value is -4.97. The van der Waals surface area contributed by atoms with Crippen molar-refractivity contribution in [2.45, 2.75) is 46.1 Å². The molecule has 0 amide bonds. The van der Waals surface area contributed by atoms with Crippen LogP contribution in [-0.4, -0.2) is 21.5 Å². The lowest BCUT2D eigenvalue weighted by atomic mass is 9.85. The van der Waals surface area contributed by atoms with Gasteiger partial charge in [-0.3, -0.25) is 0 Å². The van der Waals surface area contributed by atoms with Crippen LogP contribution in [0.2, 0.25) is 0 Å². The first-order valence-corrected chi connectivity index (χ1v) is 14.4. The second-order valence-electron chi connectivity index (χ2n) is 12.1. The van der Waals surface area contributed by atoms with Crippen LogP contribution in [0.5, 0.6) is 0 Å². The molecule has 0 fully saturated rings. The summed E-state index contributed by atoms with van der Waals surface area (Å²) in [7, 11) is 0. The minimum absolute atomic E-state index is 0.0618. The molecule has 5 aromatic rings. The van der Waals surface area contributed by atoms with Gasteiger partial charge in [0.05, 0.1) is 28.8 Å². The smallest absolute Gasteiger partial charge is 0.179 e. The summed E-state index contributed by atoms with van der Waals surface area (Å²) in [6, 6.07) is 35.8. The lowest BCUT2D eigenvalue weighted by Crippen LogP contribution is -2.46. The van der Waals surface area contributed by atoms with Crippen LogP contribution in [0.1, 0.15) is 54.8 Å². The average Bonchev–Trinajstić information content (AvgIpc) is 3.32. The Morgan fingerprint density at radius 3 is 2.24 bits per heavy atom. The van der Waals surface area contributed by atoms with E-state index in [4.69, 9.17) is 15.1 Å². The summed E-state index contributed by atoms with van der Waals surface area (Å²) in [6.45, 7) is 10.9. The maximum absolute atomic E-state index is 5.35. The Morgan fingerprint density at radius 2 is 1.50 bits per heavy atom. The number of hydrogen-bond donors (Lipinski definition) is 1. The largest absolute Gasteiger partial charge is 0.337 e. The van der Waals surface area contributed by atoms with Crippen LogP contribution in [0.4, 0.5) is 22.9 Å². The average molecular weight is 551 g/mol. The van der Waals surface area contributed by atoms with Crippen molar-refractivity contribution < 1.29 is 0 Å². The van der Waals surface area contributed by atoms with Crippen LogP contribution < -0.4 is 10.2 Å². The van der Waals surface area contributed by atoms with Gasteiger partial charge < -0.3 is 10.2 Å². The molecule has 0 bridgehead atoms. The van der Waals surface area contributed by atoms with E-state index < -0.39 is 0 Å². The quantitative estimate of drug-likeness (QED) is 0.245. The zero-order valence-corrected chi connectivity index (χ0v) is 24.6. The number of anilines is 2. The highest BCUT2D eigenvalue weighted by atomic mass is 15.4. The van der Waals surface area contributed by atoms with E-state index in [1.165, 1.54) is 16.7 Å². The predicted molar refractivity (Wildman–Crippen MR) is 173 cm³/mol. The number of para-hydroxylation sites is 3. The fourth-order valence-corrected chi connectivity index (χ4v) is 5.89. The van der Waals surface area contributed by atoms with Gasteiger partial charge in [0.1, 0.15) is 0 Å². The molecule has 0 saturated carbocycles. The molecule has 2 aliphatic rings. The summed E-state index contributed by atoms with van der Waals surface area (Å²) >= 11 is 0. The first-order valence-electron chi connectivity index (χ1n) is 14.4. The van der Waals surface area contributed by atoms with E-state index in [2.05, 4.69) is 124 Å². The monoisotopic (exact) mass is 550 g/mol. The van der Waals surface area contributed by atoms with E-state index >= 15 is 0 Å². The van der Waals surface area contributed by atoms with Gasteiger partial charge in [-0.05, 0) is 72.4 Å². The number of aliphatic imine (C=N–C) groups is 2. The van der Waals surface area contributed by atoms with Crippen LogP contribution in [0.15, 0.2) is 113 Å². The molecule has 1 unspecified atom stereocenters. The highest BCUT2D eigenvalue weighted by Crippen LogP contribution is 2.48. The maximum Gasteiger partial charge on any atom is 0.179 e. The number of hydrogen-bond acceptors (Lipinski definition) is 5. The van der Waals surface area contributed by atoms with Gasteiger partial charge in [0.15, 0.2) is 17.5 Å². The number of rotatable bonds is 3. The molecule has 3 heterocycles. The molecule has 1 aromatic heterocycles. The number of amidine groups is 2. The third-order valence-electron chi connectivity index (χ3n) is 8.01. The highest BCUT2D eigenvalue weighted by Gasteiger charge is 2.41. The van der Waals surface area contributed by atoms with Gasteiger partial charge in [0, 0.05) is 11.3 Å². The van der Waals surface area contributed by atoms with Crippen molar-refractivity contribution in [3.63, 3.8) is 0 Å². The molecule has 42 heavy (non-hydrogen) atoms. The number of nitrogens with zero attached hydrogens (tertiary/aromatic N) is 5. The van der Waals surface area contributed by atoms with Gasteiger partial charge in [-0.2, -0.15) is 5.10 Å². The second kappa shape index (κ2) is 9.84. The van der Waals surface area contributed by atoms with Gasteiger partial charge in [-0.1, -0.05) is 87.5 Å². The molecule has 208 valence electrons. The van der Waals surface area contributed by atoms with Crippen molar-refractivity contribution in [1.29, 1.82) is 0 Å². The molecule has 1 N–H and O–H groups in total. The summed E-state index contributed by atoms with van der Waals surface area (Å²) in [5.41, 5.74) is 9.64. The molecule has 7 rings (SSSR count). The number of aryl methyl sites for hydroxylation is 2. The van der Waals surface area contributed by atoms with Crippen LogP contribution >= 0.6 is 0 Å². The van der Waals surface area contributed by atoms with E-state index in [0.717, 1.165) is 45.7 Å². The normalized spacial score (nSPS) is 15.7. The lowest BCUT2D eigenvalue weighted by Gasteiger charge is -2.40. The van der Waals surface area contributed by atoms with E-state index in [1.807, 2.05) is 28.9 Å². The van der Waals surface area contributed by atoms with Crippen molar-refractivity contribution in [1.82, 2.24) is 9.78 Å². The molecular formula is C36H34N6.